The summed E-state index contributed by atoms with van der Waals surface area (Å²) < 4.78 is 38.0. The molecule has 0 spiro atoms. The van der Waals surface area contributed by atoms with E-state index < -0.39 is 11.7 Å². The number of alkyl halides is 3. The maximum absolute atomic E-state index is 12.7. The van der Waals surface area contributed by atoms with Gasteiger partial charge in [-0.1, -0.05) is 12.1 Å². The summed E-state index contributed by atoms with van der Waals surface area (Å²) in [6.45, 7) is 4.49. The van der Waals surface area contributed by atoms with Crippen LogP contribution in [0.15, 0.2) is 29.6 Å². The highest BCUT2D eigenvalue weighted by molar-refractivity contribution is 7.09. The number of hydrogen-bond acceptors (Lipinski definition) is 3. The van der Waals surface area contributed by atoms with Gasteiger partial charge in [-0.25, -0.2) is 4.98 Å². The zero-order valence-electron chi connectivity index (χ0n) is 11.9. The van der Waals surface area contributed by atoms with Crippen LogP contribution < -0.4 is 5.32 Å². The molecule has 1 aromatic carbocycles. The Balaban J connectivity index is 1.92. The first kappa shape index (κ1) is 16.0. The summed E-state index contributed by atoms with van der Waals surface area (Å²) in [7, 11) is 0. The molecule has 114 valence electrons. The summed E-state index contributed by atoms with van der Waals surface area (Å²) >= 11 is 1.60. The average molecular weight is 314 g/mol. The Labute approximate surface area is 126 Å². The molecule has 0 amide bonds. The molecule has 1 aromatic heterocycles. The van der Waals surface area contributed by atoms with E-state index in [4.69, 9.17) is 0 Å². The summed E-state index contributed by atoms with van der Waals surface area (Å²) in [4.78, 5) is 4.36. The molecule has 1 N–H and O–H groups in total. The van der Waals surface area contributed by atoms with E-state index in [9.17, 15) is 13.2 Å². The molecule has 0 bridgehead atoms. The molecule has 6 heteroatoms. The van der Waals surface area contributed by atoms with Crippen LogP contribution in [-0.4, -0.2) is 11.5 Å². The Morgan fingerprint density at radius 3 is 2.71 bits per heavy atom. The first-order chi connectivity index (χ1) is 9.86. The molecule has 0 aliphatic heterocycles. The lowest BCUT2D eigenvalue weighted by atomic mass is 10.0. The summed E-state index contributed by atoms with van der Waals surface area (Å²) in [5, 5.41) is 6.26. The normalized spacial score (nSPS) is 13.4. The lowest BCUT2D eigenvalue weighted by Gasteiger charge is -2.15. The average Bonchev–Trinajstić information content (AvgIpc) is 2.83. The van der Waals surface area contributed by atoms with Gasteiger partial charge in [-0.15, -0.1) is 11.3 Å². The van der Waals surface area contributed by atoms with Crippen molar-refractivity contribution in [2.75, 3.05) is 6.54 Å². The van der Waals surface area contributed by atoms with Crippen LogP contribution in [0.1, 0.15) is 34.8 Å². The van der Waals surface area contributed by atoms with Gasteiger partial charge in [-0.3, -0.25) is 0 Å². The quantitative estimate of drug-likeness (QED) is 0.887. The molecule has 0 radical (unpaired) electrons. The molecule has 0 saturated carbocycles. The number of nitrogens with zero attached hydrogens (tertiary/aromatic N) is 1. The van der Waals surface area contributed by atoms with Crippen LogP contribution >= 0.6 is 11.3 Å². The molecule has 0 aliphatic carbocycles. The largest absolute Gasteiger partial charge is 0.416 e. The number of halogens is 3. The fraction of sp³-hybridized carbons (Fsp3) is 0.400. The van der Waals surface area contributed by atoms with Gasteiger partial charge < -0.3 is 5.32 Å². The smallest absolute Gasteiger partial charge is 0.310 e. The van der Waals surface area contributed by atoms with Gasteiger partial charge in [0, 0.05) is 30.1 Å². The second-order valence-electron chi connectivity index (χ2n) is 4.93. The third kappa shape index (κ3) is 4.54. The molecule has 1 heterocycles. The number of benzene rings is 1. The van der Waals surface area contributed by atoms with E-state index in [1.165, 1.54) is 12.1 Å². The van der Waals surface area contributed by atoms with E-state index in [0.717, 1.165) is 23.2 Å². The Morgan fingerprint density at radius 1 is 1.33 bits per heavy atom. The van der Waals surface area contributed by atoms with Crippen molar-refractivity contribution in [3.63, 3.8) is 0 Å². The summed E-state index contributed by atoms with van der Waals surface area (Å²) in [6.07, 6.45) is -3.52. The summed E-state index contributed by atoms with van der Waals surface area (Å²) in [6, 6.07) is 5.31. The van der Waals surface area contributed by atoms with E-state index in [1.54, 1.807) is 17.4 Å². The predicted molar refractivity (Wildman–Crippen MR) is 78.4 cm³/mol. The minimum atomic E-state index is -4.30. The number of rotatable bonds is 5. The molecule has 1 atom stereocenters. The number of aryl methyl sites for hydroxylation is 1. The van der Waals surface area contributed by atoms with Gasteiger partial charge >= 0.3 is 6.18 Å². The van der Waals surface area contributed by atoms with Crippen molar-refractivity contribution in [1.29, 1.82) is 0 Å². The minimum absolute atomic E-state index is 0.131. The fourth-order valence-corrected chi connectivity index (χ4v) is 2.79. The molecule has 2 aromatic rings. The van der Waals surface area contributed by atoms with Crippen LogP contribution in [0.3, 0.4) is 0 Å². The monoisotopic (exact) mass is 314 g/mol. The molecule has 0 aliphatic rings. The lowest BCUT2D eigenvalue weighted by molar-refractivity contribution is -0.137. The van der Waals surface area contributed by atoms with Crippen LogP contribution in [0.4, 0.5) is 13.2 Å². The van der Waals surface area contributed by atoms with E-state index in [1.807, 2.05) is 19.2 Å². The Hall–Kier alpha value is -1.40. The van der Waals surface area contributed by atoms with Crippen molar-refractivity contribution < 1.29 is 13.2 Å². The molecule has 2 nitrogen and oxygen atoms in total. The van der Waals surface area contributed by atoms with Crippen molar-refractivity contribution in [2.24, 2.45) is 0 Å². The van der Waals surface area contributed by atoms with Crippen molar-refractivity contribution in [3.8, 4) is 0 Å². The molecular weight excluding hydrogens is 297 g/mol. The van der Waals surface area contributed by atoms with Crippen molar-refractivity contribution in [1.82, 2.24) is 10.3 Å². The standard InChI is InChI=1S/C15H17F3N2S/c1-10-9-21-14(20-10)6-7-19-11(2)12-4-3-5-13(8-12)15(16,17)18/h3-5,8-9,11,19H,6-7H2,1-2H3. The van der Waals surface area contributed by atoms with Gasteiger partial charge in [-0.2, -0.15) is 13.2 Å². The van der Waals surface area contributed by atoms with Crippen molar-refractivity contribution >= 4 is 11.3 Å². The maximum Gasteiger partial charge on any atom is 0.416 e. The SMILES string of the molecule is Cc1csc(CCNC(C)c2cccc(C(F)(F)F)c2)n1. The second-order valence-corrected chi connectivity index (χ2v) is 5.87. The highest BCUT2D eigenvalue weighted by atomic mass is 32.1. The molecule has 0 saturated heterocycles. The van der Waals surface area contributed by atoms with E-state index in [0.29, 0.717) is 12.1 Å². The first-order valence-electron chi connectivity index (χ1n) is 6.68. The van der Waals surface area contributed by atoms with Gasteiger partial charge in [0.15, 0.2) is 0 Å². The van der Waals surface area contributed by atoms with Crippen LogP contribution in [0.2, 0.25) is 0 Å². The number of nitrogens with one attached hydrogen (secondary N) is 1. The van der Waals surface area contributed by atoms with Crippen LogP contribution in [-0.2, 0) is 12.6 Å². The number of hydrogen-bond donors (Lipinski definition) is 1. The number of aromatic nitrogens is 1. The molecule has 21 heavy (non-hydrogen) atoms. The van der Waals surface area contributed by atoms with Crippen LogP contribution in [0.5, 0.6) is 0 Å². The second kappa shape index (κ2) is 6.58. The number of thiazole rings is 1. The van der Waals surface area contributed by atoms with Gasteiger partial charge in [0.05, 0.1) is 10.6 Å². The Bertz CT molecular complexity index is 593. The minimum Gasteiger partial charge on any atom is -0.310 e. The third-order valence-electron chi connectivity index (χ3n) is 3.17. The maximum atomic E-state index is 12.7. The summed E-state index contributed by atoms with van der Waals surface area (Å²) in [5.74, 6) is 0. The van der Waals surface area contributed by atoms with Gasteiger partial charge in [0.2, 0.25) is 0 Å². The topological polar surface area (TPSA) is 24.9 Å². The molecule has 2 rings (SSSR count). The Kier molecular flexibility index (Phi) is 5.00. The first-order valence-corrected chi connectivity index (χ1v) is 7.56. The van der Waals surface area contributed by atoms with Crippen molar-refractivity contribution in [2.45, 2.75) is 32.5 Å². The van der Waals surface area contributed by atoms with Crippen LogP contribution in [0, 0.1) is 6.92 Å². The van der Waals surface area contributed by atoms with Gasteiger partial charge in [-0.05, 0) is 31.5 Å². The van der Waals surface area contributed by atoms with Crippen molar-refractivity contribution in [3.05, 3.63) is 51.5 Å². The van der Waals surface area contributed by atoms with E-state index >= 15 is 0 Å². The Morgan fingerprint density at radius 2 is 2.10 bits per heavy atom. The third-order valence-corrected chi connectivity index (χ3v) is 4.20. The van der Waals surface area contributed by atoms with Gasteiger partial charge in [0.25, 0.3) is 0 Å². The zero-order valence-corrected chi connectivity index (χ0v) is 12.7. The highest BCUT2D eigenvalue weighted by Crippen LogP contribution is 2.30. The fourth-order valence-electron chi connectivity index (χ4n) is 2.02. The molecular formula is C15H17F3N2S. The zero-order chi connectivity index (χ0) is 15.5. The van der Waals surface area contributed by atoms with Crippen LogP contribution in [0.25, 0.3) is 0 Å². The van der Waals surface area contributed by atoms with E-state index in [-0.39, 0.29) is 6.04 Å². The molecule has 0 fully saturated rings. The van der Waals surface area contributed by atoms with Gasteiger partial charge in [0.1, 0.15) is 0 Å². The van der Waals surface area contributed by atoms with E-state index in [2.05, 4.69) is 10.3 Å². The highest BCUT2D eigenvalue weighted by Gasteiger charge is 2.30. The predicted octanol–water partition coefficient (Wildman–Crippen LogP) is 4.36. The lowest BCUT2D eigenvalue weighted by Crippen LogP contribution is -2.21. The summed E-state index contributed by atoms with van der Waals surface area (Å²) in [5.41, 5.74) is 1.03. The molecule has 1 unspecified atom stereocenters.